The number of thioether (sulfide) groups is 1. The van der Waals surface area contributed by atoms with Crippen molar-refractivity contribution in [1.29, 1.82) is 0 Å². The second-order valence-electron chi connectivity index (χ2n) is 9.02. The number of esters is 1. The molecule has 2 aromatic heterocycles. The first kappa shape index (κ1) is 25.5. The van der Waals surface area contributed by atoms with E-state index in [1.165, 1.54) is 25.4 Å². The van der Waals surface area contributed by atoms with Crippen LogP contribution in [0, 0.1) is 18.3 Å². The molecule has 0 bridgehead atoms. The Kier molecular flexibility index (Phi) is 7.42. The van der Waals surface area contributed by atoms with Crippen LogP contribution in [0.4, 0.5) is 18.2 Å². The van der Waals surface area contributed by atoms with E-state index in [1.807, 2.05) is 0 Å². The van der Waals surface area contributed by atoms with Gasteiger partial charge in [0, 0.05) is 10.6 Å². The van der Waals surface area contributed by atoms with Crippen molar-refractivity contribution < 1.29 is 27.5 Å². The Morgan fingerprint density at radius 1 is 1.27 bits per heavy atom. The Labute approximate surface area is 198 Å². The van der Waals surface area contributed by atoms with Crippen molar-refractivity contribution in [1.82, 2.24) is 9.97 Å². The fraction of sp³-hybridized carbons (Fsp3) is 0.545. The quantitative estimate of drug-likeness (QED) is 0.329. The lowest BCUT2D eigenvalue weighted by Gasteiger charge is -2.33. The third kappa shape index (κ3) is 6.06. The number of nitrogens with zero attached hydrogens (tertiary/aromatic N) is 2. The Bertz CT molecular complexity index is 1060. The van der Waals surface area contributed by atoms with Gasteiger partial charge in [-0.25, -0.2) is 14.8 Å². The number of carbonyl (C=O) groups is 2. The molecule has 1 unspecified atom stereocenters. The highest BCUT2D eigenvalue weighted by molar-refractivity contribution is 7.99. The molecule has 1 N–H and O–H groups in total. The van der Waals surface area contributed by atoms with Crippen LogP contribution >= 0.6 is 23.1 Å². The molecule has 6 nitrogen and oxygen atoms in total. The van der Waals surface area contributed by atoms with Crippen LogP contribution in [0.5, 0.6) is 0 Å². The summed E-state index contributed by atoms with van der Waals surface area (Å²) in [5.41, 5.74) is 0.509. The lowest BCUT2D eigenvalue weighted by atomic mass is 9.72. The lowest BCUT2D eigenvalue weighted by Crippen LogP contribution is -2.26. The zero-order valence-corrected chi connectivity index (χ0v) is 20.7. The van der Waals surface area contributed by atoms with Crippen LogP contribution in [0.15, 0.2) is 11.2 Å². The van der Waals surface area contributed by atoms with Gasteiger partial charge in [-0.2, -0.15) is 13.2 Å². The summed E-state index contributed by atoms with van der Waals surface area (Å²) in [6.07, 6.45) is -2.12. The largest absolute Gasteiger partial charge is 0.465 e. The van der Waals surface area contributed by atoms with E-state index in [0.717, 1.165) is 47.5 Å². The highest BCUT2D eigenvalue weighted by Crippen LogP contribution is 2.44. The fourth-order valence-electron chi connectivity index (χ4n) is 3.78. The third-order valence-electron chi connectivity index (χ3n) is 5.59. The number of methoxy groups -OCH3 is 1. The van der Waals surface area contributed by atoms with Gasteiger partial charge in [0.25, 0.3) is 0 Å². The maximum atomic E-state index is 13.0. The van der Waals surface area contributed by atoms with Crippen molar-refractivity contribution in [2.45, 2.75) is 58.3 Å². The molecule has 2 heterocycles. The van der Waals surface area contributed by atoms with E-state index in [2.05, 4.69) is 36.1 Å². The minimum atomic E-state index is -4.60. The fourth-order valence-corrected chi connectivity index (χ4v) is 5.81. The Morgan fingerprint density at radius 3 is 2.58 bits per heavy atom. The van der Waals surface area contributed by atoms with Crippen molar-refractivity contribution >= 4 is 40.0 Å². The van der Waals surface area contributed by atoms with E-state index >= 15 is 0 Å². The molecule has 3 rings (SSSR count). The molecule has 2 aromatic rings. The van der Waals surface area contributed by atoms with E-state index in [4.69, 9.17) is 4.74 Å². The maximum absolute atomic E-state index is 13.0. The smallest absolute Gasteiger partial charge is 0.433 e. The summed E-state index contributed by atoms with van der Waals surface area (Å²) in [5, 5.41) is 3.02. The first-order chi connectivity index (χ1) is 15.3. The van der Waals surface area contributed by atoms with Crippen LogP contribution in [-0.4, -0.2) is 34.7 Å². The number of aryl methyl sites for hydroxylation is 1. The molecule has 0 saturated heterocycles. The topological polar surface area (TPSA) is 81.2 Å². The standard InChI is InChI=1S/C22H26F3N3O3S2/c1-11-8-15(22(23,24)25)27-20(26-11)32-10-16(29)28-18-17(19(30)31-5)13-7-6-12(21(2,3)4)9-14(13)33-18/h8,12H,6-7,9-10H2,1-5H3,(H,28,29). The van der Waals surface area contributed by atoms with E-state index in [9.17, 15) is 22.8 Å². The van der Waals surface area contributed by atoms with Gasteiger partial charge in [0.1, 0.15) is 10.7 Å². The lowest BCUT2D eigenvalue weighted by molar-refractivity contribution is -0.141. The molecule has 0 fully saturated rings. The predicted octanol–water partition coefficient (Wildman–Crippen LogP) is 5.53. The van der Waals surface area contributed by atoms with Gasteiger partial charge in [0.15, 0.2) is 5.16 Å². The number of halogens is 3. The number of thiophene rings is 1. The van der Waals surface area contributed by atoms with Crippen LogP contribution in [-0.2, 0) is 28.5 Å². The molecule has 180 valence electrons. The maximum Gasteiger partial charge on any atom is 0.433 e. The van der Waals surface area contributed by atoms with Crippen molar-refractivity contribution in [2.75, 3.05) is 18.2 Å². The number of aromatic nitrogens is 2. The first-order valence-corrected chi connectivity index (χ1v) is 12.2. The summed E-state index contributed by atoms with van der Waals surface area (Å²) >= 11 is 2.17. The molecular formula is C22H26F3N3O3S2. The van der Waals surface area contributed by atoms with Gasteiger partial charge in [-0.15, -0.1) is 11.3 Å². The Morgan fingerprint density at radius 2 is 1.97 bits per heavy atom. The number of hydrogen-bond acceptors (Lipinski definition) is 7. The average molecular weight is 502 g/mol. The monoisotopic (exact) mass is 501 g/mol. The molecule has 11 heteroatoms. The zero-order chi connectivity index (χ0) is 24.6. The zero-order valence-electron chi connectivity index (χ0n) is 19.1. The number of nitrogens with one attached hydrogen (secondary N) is 1. The normalized spacial score (nSPS) is 16.3. The van der Waals surface area contributed by atoms with Crippen molar-refractivity contribution in [3.8, 4) is 0 Å². The van der Waals surface area contributed by atoms with Crippen molar-refractivity contribution in [2.24, 2.45) is 11.3 Å². The average Bonchev–Trinajstić information content (AvgIpc) is 3.07. The Hall–Kier alpha value is -2.14. The molecular weight excluding hydrogens is 475 g/mol. The molecule has 0 spiro atoms. The number of hydrogen-bond donors (Lipinski definition) is 1. The number of amides is 1. The molecule has 1 amide bonds. The second kappa shape index (κ2) is 9.61. The van der Waals surface area contributed by atoms with Gasteiger partial charge in [0.05, 0.1) is 18.4 Å². The summed E-state index contributed by atoms with van der Waals surface area (Å²) in [6.45, 7) is 8.00. The van der Waals surface area contributed by atoms with Gasteiger partial charge >= 0.3 is 12.1 Å². The number of ether oxygens (including phenoxy) is 1. The number of alkyl halides is 3. The molecule has 1 aliphatic rings. The molecule has 0 saturated carbocycles. The third-order valence-corrected chi connectivity index (χ3v) is 7.61. The van der Waals surface area contributed by atoms with E-state index in [-0.39, 0.29) is 22.0 Å². The minimum Gasteiger partial charge on any atom is -0.465 e. The second-order valence-corrected chi connectivity index (χ2v) is 11.1. The number of fused-ring (bicyclic) bond motifs is 1. The van der Waals surface area contributed by atoms with E-state index in [1.54, 1.807) is 0 Å². The highest BCUT2D eigenvalue weighted by atomic mass is 32.2. The molecule has 0 aliphatic heterocycles. The summed E-state index contributed by atoms with van der Waals surface area (Å²) in [7, 11) is 1.29. The molecule has 1 atom stereocenters. The Balaban J connectivity index is 1.77. The number of anilines is 1. The first-order valence-electron chi connectivity index (χ1n) is 10.4. The van der Waals surface area contributed by atoms with Crippen molar-refractivity contribution in [3.05, 3.63) is 33.5 Å². The summed E-state index contributed by atoms with van der Waals surface area (Å²) in [6, 6.07) is 0.855. The predicted molar refractivity (Wildman–Crippen MR) is 122 cm³/mol. The van der Waals surface area contributed by atoms with Crippen LogP contribution < -0.4 is 5.32 Å². The summed E-state index contributed by atoms with van der Waals surface area (Å²) in [5.74, 6) is -0.722. The summed E-state index contributed by atoms with van der Waals surface area (Å²) < 4.78 is 43.9. The van der Waals surface area contributed by atoms with E-state index < -0.39 is 23.7 Å². The van der Waals surface area contributed by atoms with Crippen molar-refractivity contribution in [3.63, 3.8) is 0 Å². The van der Waals surface area contributed by atoms with Crippen LogP contribution in [0.25, 0.3) is 0 Å². The minimum absolute atomic E-state index is 0.121. The number of carbonyl (C=O) groups excluding carboxylic acids is 2. The number of rotatable bonds is 5. The SMILES string of the molecule is COC(=O)c1c(NC(=O)CSc2nc(C)cc(C(F)(F)F)n2)sc2c1CCC(C(C)(C)C)C2. The summed E-state index contributed by atoms with van der Waals surface area (Å²) in [4.78, 5) is 33.6. The van der Waals surface area contributed by atoms with Gasteiger partial charge in [-0.3, -0.25) is 4.79 Å². The van der Waals surface area contributed by atoms with Crippen LogP contribution in [0.2, 0.25) is 0 Å². The van der Waals surface area contributed by atoms with E-state index in [0.29, 0.717) is 16.5 Å². The van der Waals surface area contributed by atoms with Gasteiger partial charge in [-0.05, 0) is 49.1 Å². The van der Waals surface area contributed by atoms with Crippen LogP contribution in [0.3, 0.4) is 0 Å². The van der Waals surface area contributed by atoms with Crippen LogP contribution in [0.1, 0.15) is 59.4 Å². The highest BCUT2D eigenvalue weighted by Gasteiger charge is 2.35. The van der Waals surface area contributed by atoms with Gasteiger partial charge < -0.3 is 10.1 Å². The van der Waals surface area contributed by atoms with Gasteiger partial charge in [0.2, 0.25) is 5.91 Å². The molecule has 33 heavy (non-hydrogen) atoms. The molecule has 1 aliphatic carbocycles. The molecule has 0 aromatic carbocycles. The molecule has 0 radical (unpaired) electrons. The van der Waals surface area contributed by atoms with Gasteiger partial charge in [-0.1, -0.05) is 32.5 Å².